The van der Waals surface area contributed by atoms with Gasteiger partial charge < -0.3 is 5.32 Å². The zero-order valence-electron chi connectivity index (χ0n) is 14.9. The Morgan fingerprint density at radius 2 is 2.07 bits per heavy atom. The van der Waals surface area contributed by atoms with E-state index >= 15 is 0 Å². The first-order valence-electron chi connectivity index (χ1n) is 9.09. The van der Waals surface area contributed by atoms with Crippen LogP contribution in [0.2, 0.25) is 0 Å². The summed E-state index contributed by atoms with van der Waals surface area (Å²) in [5.74, 6) is 0.0964. The van der Waals surface area contributed by atoms with Gasteiger partial charge in [0, 0.05) is 23.0 Å². The summed E-state index contributed by atoms with van der Waals surface area (Å²) in [7, 11) is 0. The minimum Gasteiger partial charge on any atom is -0.317 e. The first-order chi connectivity index (χ1) is 13.6. The number of hydrogen-bond acceptors (Lipinski definition) is 4. The Labute approximate surface area is 173 Å². The summed E-state index contributed by atoms with van der Waals surface area (Å²) in [6, 6.07) is 1.79. The number of aromatic nitrogens is 5. The molecule has 0 aromatic carbocycles. The van der Waals surface area contributed by atoms with Crippen molar-refractivity contribution in [2.45, 2.75) is 38.2 Å². The molecule has 0 radical (unpaired) electrons. The molecule has 3 aromatic heterocycles. The van der Waals surface area contributed by atoms with Crippen LogP contribution in [-0.2, 0) is 0 Å². The highest BCUT2D eigenvalue weighted by Gasteiger charge is 2.27. The third-order valence-electron chi connectivity index (χ3n) is 5.14. The molecule has 148 valence electrons. The first kappa shape index (κ1) is 19.2. The lowest BCUT2D eigenvalue weighted by atomic mass is 9.87. The van der Waals surface area contributed by atoms with Crippen LogP contribution in [0.5, 0.6) is 0 Å². The number of nitrogens with one attached hydrogen (secondary N) is 1. The van der Waals surface area contributed by atoms with Crippen LogP contribution in [0.3, 0.4) is 0 Å². The molecule has 1 aliphatic carbocycles. The van der Waals surface area contributed by atoms with E-state index in [0.717, 1.165) is 30.1 Å². The summed E-state index contributed by atoms with van der Waals surface area (Å²) in [5.41, 5.74) is 0.0492. The lowest BCUT2D eigenvalue weighted by Gasteiger charge is -2.27. The Morgan fingerprint density at radius 1 is 1.29 bits per heavy atom. The van der Waals surface area contributed by atoms with Crippen molar-refractivity contribution in [3.8, 4) is 0 Å². The van der Waals surface area contributed by atoms with Gasteiger partial charge in [-0.05, 0) is 37.7 Å². The molecule has 10 heteroatoms. The van der Waals surface area contributed by atoms with E-state index in [1.807, 2.05) is 0 Å². The number of carbonyl (C=O) groups is 1. The summed E-state index contributed by atoms with van der Waals surface area (Å²) in [4.78, 5) is 20.8. The maximum atomic E-state index is 13.5. The second-order valence-electron chi connectivity index (χ2n) is 6.94. The molecule has 3 aromatic rings. The van der Waals surface area contributed by atoms with Gasteiger partial charge >= 0.3 is 0 Å². The molecule has 0 bridgehead atoms. The van der Waals surface area contributed by atoms with Gasteiger partial charge in [-0.15, -0.1) is 0 Å². The first-order valence-corrected chi connectivity index (χ1v) is 10.6. The predicted octanol–water partition coefficient (Wildman–Crippen LogP) is 4.28. The molecular weight excluding hydrogens is 481 g/mol. The Hall–Kier alpha value is -2.11. The SMILES string of the molecule is O=C(Nc1cn(C2CCC(CI)CC2)nc1C(F)F)c1ncn2cccnc12. The van der Waals surface area contributed by atoms with Gasteiger partial charge in [-0.2, -0.15) is 5.10 Å². The topological polar surface area (TPSA) is 77.1 Å². The normalized spacial score (nSPS) is 20.0. The smallest absolute Gasteiger partial charge is 0.284 e. The highest BCUT2D eigenvalue weighted by molar-refractivity contribution is 14.1. The Bertz CT molecular complexity index is 980. The molecule has 0 spiro atoms. The zero-order valence-corrected chi connectivity index (χ0v) is 17.1. The largest absolute Gasteiger partial charge is 0.317 e. The molecule has 28 heavy (non-hydrogen) atoms. The number of halogens is 3. The molecule has 1 N–H and O–H groups in total. The molecule has 1 fully saturated rings. The molecule has 1 aliphatic rings. The molecule has 0 atom stereocenters. The number of imidazole rings is 1. The number of fused-ring (bicyclic) bond motifs is 1. The quantitative estimate of drug-likeness (QED) is 0.419. The fourth-order valence-corrected chi connectivity index (χ4v) is 4.47. The van der Waals surface area contributed by atoms with E-state index in [4.69, 9.17) is 0 Å². The summed E-state index contributed by atoms with van der Waals surface area (Å²) in [5, 5.41) is 6.64. The van der Waals surface area contributed by atoms with Crippen molar-refractivity contribution in [3.05, 3.63) is 42.4 Å². The fraction of sp³-hybridized carbons (Fsp3) is 0.444. The summed E-state index contributed by atoms with van der Waals surface area (Å²) >= 11 is 2.39. The predicted molar refractivity (Wildman–Crippen MR) is 108 cm³/mol. The van der Waals surface area contributed by atoms with Gasteiger partial charge in [-0.1, -0.05) is 22.6 Å². The maximum absolute atomic E-state index is 13.5. The van der Waals surface area contributed by atoms with E-state index in [1.54, 1.807) is 27.5 Å². The Morgan fingerprint density at radius 3 is 2.79 bits per heavy atom. The van der Waals surface area contributed by atoms with E-state index in [-0.39, 0.29) is 17.4 Å². The van der Waals surface area contributed by atoms with Crippen molar-refractivity contribution in [3.63, 3.8) is 0 Å². The molecule has 3 heterocycles. The van der Waals surface area contributed by atoms with E-state index in [1.165, 1.54) is 12.5 Å². The van der Waals surface area contributed by atoms with Gasteiger partial charge in [0.15, 0.2) is 17.0 Å². The monoisotopic (exact) mass is 500 g/mol. The Kier molecular flexibility index (Phi) is 5.56. The van der Waals surface area contributed by atoms with Crippen LogP contribution >= 0.6 is 22.6 Å². The van der Waals surface area contributed by atoms with Gasteiger partial charge in [0.05, 0.1) is 11.7 Å². The van der Waals surface area contributed by atoms with Gasteiger partial charge in [0.1, 0.15) is 6.33 Å². The van der Waals surface area contributed by atoms with E-state index in [0.29, 0.717) is 11.6 Å². The van der Waals surface area contributed by atoms with Gasteiger partial charge in [-0.3, -0.25) is 13.9 Å². The van der Waals surface area contributed by atoms with Gasteiger partial charge in [0.25, 0.3) is 12.3 Å². The van der Waals surface area contributed by atoms with E-state index < -0.39 is 18.0 Å². The number of rotatable bonds is 5. The molecular formula is C18H19F2IN6O. The number of anilines is 1. The average Bonchev–Trinajstić information content (AvgIpc) is 3.32. The third kappa shape index (κ3) is 3.74. The lowest BCUT2D eigenvalue weighted by Crippen LogP contribution is -2.19. The van der Waals surface area contributed by atoms with Crippen molar-refractivity contribution in [1.29, 1.82) is 0 Å². The van der Waals surface area contributed by atoms with Gasteiger partial charge in [0.2, 0.25) is 0 Å². The summed E-state index contributed by atoms with van der Waals surface area (Å²) in [6.07, 6.45) is 7.38. The molecule has 1 saturated carbocycles. The standard InChI is InChI=1S/C18H19F2IN6O/c19-16(20)14-13(9-27(25-14)12-4-2-11(8-21)3-5-12)24-18(28)15-17-22-6-1-7-26(17)10-23-15/h1,6-7,9-12,16H,2-5,8H2,(H,24,28). The number of carbonyl (C=O) groups excluding carboxylic acids is 1. The number of hydrogen-bond donors (Lipinski definition) is 1. The second kappa shape index (κ2) is 8.10. The molecule has 4 rings (SSSR count). The number of amides is 1. The maximum Gasteiger partial charge on any atom is 0.284 e. The highest BCUT2D eigenvalue weighted by Crippen LogP contribution is 2.35. The van der Waals surface area contributed by atoms with Crippen LogP contribution in [-0.4, -0.2) is 34.5 Å². The number of nitrogens with zero attached hydrogens (tertiary/aromatic N) is 5. The van der Waals surface area contributed by atoms with Crippen LogP contribution in [0.15, 0.2) is 31.0 Å². The van der Waals surface area contributed by atoms with Crippen molar-refractivity contribution < 1.29 is 13.6 Å². The van der Waals surface area contributed by atoms with Gasteiger partial charge in [-0.25, -0.2) is 18.7 Å². The van der Waals surface area contributed by atoms with Crippen LogP contribution in [0.4, 0.5) is 14.5 Å². The second-order valence-corrected chi connectivity index (χ2v) is 7.82. The summed E-state index contributed by atoms with van der Waals surface area (Å²) in [6.45, 7) is 0. The van der Waals surface area contributed by atoms with Crippen molar-refractivity contribution in [2.75, 3.05) is 9.74 Å². The molecule has 0 aliphatic heterocycles. The molecule has 0 unspecified atom stereocenters. The number of alkyl halides is 3. The van der Waals surface area contributed by atoms with Crippen molar-refractivity contribution in [1.82, 2.24) is 24.1 Å². The zero-order chi connectivity index (χ0) is 19.7. The van der Waals surface area contributed by atoms with Crippen LogP contribution in [0.25, 0.3) is 5.65 Å². The minimum absolute atomic E-state index is 0.0214. The summed E-state index contributed by atoms with van der Waals surface area (Å²) < 4.78 is 31.3. The van der Waals surface area contributed by atoms with E-state index in [9.17, 15) is 13.6 Å². The van der Waals surface area contributed by atoms with Crippen LogP contribution in [0, 0.1) is 5.92 Å². The third-order valence-corrected chi connectivity index (χ3v) is 6.38. The molecule has 1 amide bonds. The van der Waals surface area contributed by atoms with Crippen molar-refractivity contribution in [2.24, 2.45) is 5.92 Å². The lowest BCUT2D eigenvalue weighted by molar-refractivity contribution is 0.102. The Balaban J connectivity index is 1.57. The van der Waals surface area contributed by atoms with Crippen LogP contribution in [0.1, 0.15) is 54.3 Å². The van der Waals surface area contributed by atoms with Crippen molar-refractivity contribution >= 4 is 39.8 Å². The highest BCUT2D eigenvalue weighted by atomic mass is 127. The van der Waals surface area contributed by atoms with E-state index in [2.05, 4.69) is 43.0 Å². The molecule has 0 saturated heterocycles. The fourth-order valence-electron chi connectivity index (χ4n) is 3.59. The van der Waals surface area contributed by atoms with Crippen LogP contribution < -0.4 is 5.32 Å². The molecule has 7 nitrogen and oxygen atoms in total. The minimum atomic E-state index is -2.78. The average molecular weight is 500 g/mol.